The number of para-hydroxylation sites is 1. The molecule has 1 aliphatic heterocycles. The summed E-state index contributed by atoms with van der Waals surface area (Å²) in [5, 5.41) is 18.7. The van der Waals surface area contributed by atoms with Crippen molar-refractivity contribution < 1.29 is 14.7 Å². The number of aryl methyl sites for hydroxylation is 1. The van der Waals surface area contributed by atoms with E-state index in [-0.39, 0.29) is 23.9 Å². The van der Waals surface area contributed by atoms with E-state index < -0.39 is 5.97 Å². The molecular formula is C19H21N5O3. The number of hydrogen-bond acceptors (Lipinski definition) is 4. The number of carboxylic acid groups (broad SMARTS) is 1. The van der Waals surface area contributed by atoms with E-state index in [1.54, 1.807) is 10.9 Å². The number of rotatable bonds is 4. The van der Waals surface area contributed by atoms with Gasteiger partial charge in [0.15, 0.2) is 0 Å². The smallest absolute Gasteiger partial charge is 0.338 e. The maximum atomic E-state index is 12.7. The van der Waals surface area contributed by atoms with Crippen LogP contribution in [0.5, 0.6) is 0 Å². The molecule has 1 N–H and O–H groups in total. The Hall–Kier alpha value is -3.16. The summed E-state index contributed by atoms with van der Waals surface area (Å²) in [5.74, 6) is -0.902. The predicted octanol–water partition coefficient (Wildman–Crippen LogP) is 1.87. The van der Waals surface area contributed by atoms with Crippen molar-refractivity contribution in [3.63, 3.8) is 0 Å². The fourth-order valence-electron chi connectivity index (χ4n) is 3.70. The lowest BCUT2D eigenvalue weighted by molar-refractivity contribution is -0.131. The van der Waals surface area contributed by atoms with Crippen molar-refractivity contribution in [3.8, 4) is 0 Å². The second-order valence-electron chi connectivity index (χ2n) is 6.89. The number of carbonyl (C=O) groups is 2. The average Bonchev–Trinajstić information content (AvgIpc) is 3.28. The number of amides is 1. The van der Waals surface area contributed by atoms with Gasteiger partial charge in [0.25, 0.3) is 0 Å². The Bertz CT molecular complexity index is 998. The van der Waals surface area contributed by atoms with Gasteiger partial charge in [0, 0.05) is 31.7 Å². The van der Waals surface area contributed by atoms with Crippen molar-refractivity contribution in [1.82, 2.24) is 24.5 Å². The second kappa shape index (κ2) is 6.86. The molecule has 0 spiro atoms. The van der Waals surface area contributed by atoms with E-state index in [1.165, 1.54) is 6.20 Å². The SMILES string of the molecule is Cn1nc(CC(=O)N2CCC(n3cc(C(=O)O)cn3)CC2)c2ccccc21. The summed E-state index contributed by atoms with van der Waals surface area (Å²) in [6.45, 7) is 1.27. The van der Waals surface area contributed by atoms with Crippen molar-refractivity contribution in [1.29, 1.82) is 0 Å². The van der Waals surface area contributed by atoms with Crippen LogP contribution in [0.15, 0.2) is 36.7 Å². The summed E-state index contributed by atoms with van der Waals surface area (Å²) in [5.41, 5.74) is 2.01. The van der Waals surface area contributed by atoms with E-state index in [1.807, 2.05) is 40.9 Å². The quantitative estimate of drug-likeness (QED) is 0.760. The van der Waals surface area contributed by atoms with Crippen molar-refractivity contribution >= 4 is 22.8 Å². The molecule has 8 nitrogen and oxygen atoms in total. The summed E-state index contributed by atoms with van der Waals surface area (Å²) in [4.78, 5) is 25.6. The zero-order valence-corrected chi connectivity index (χ0v) is 15.1. The summed E-state index contributed by atoms with van der Waals surface area (Å²) < 4.78 is 3.51. The van der Waals surface area contributed by atoms with Crippen LogP contribution in [0, 0.1) is 0 Å². The van der Waals surface area contributed by atoms with Gasteiger partial charge in [0.1, 0.15) is 0 Å². The number of aromatic nitrogens is 4. The molecule has 1 fully saturated rings. The maximum Gasteiger partial charge on any atom is 0.338 e. The fraction of sp³-hybridized carbons (Fsp3) is 0.368. The van der Waals surface area contributed by atoms with Gasteiger partial charge in [-0.25, -0.2) is 4.79 Å². The number of hydrogen-bond donors (Lipinski definition) is 1. The van der Waals surface area contributed by atoms with Gasteiger partial charge in [-0.2, -0.15) is 10.2 Å². The van der Waals surface area contributed by atoms with Gasteiger partial charge < -0.3 is 10.0 Å². The van der Waals surface area contributed by atoms with Crippen LogP contribution in [0.3, 0.4) is 0 Å². The minimum atomic E-state index is -0.976. The lowest BCUT2D eigenvalue weighted by Crippen LogP contribution is -2.40. The molecule has 1 aliphatic rings. The van der Waals surface area contributed by atoms with E-state index >= 15 is 0 Å². The number of carbonyl (C=O) groups excluding carboxylic acids is 1. The van der Waals surface area contributed by atoms with E-state index in [4.69, 9.17) is 5.11 Å². The van der Waals surface area contributed by atoms with Gasteiger partial charge in [-0.05, 0) is 18.9 Å². The van der Waals surface area contributed by atoms with Crippen LogP contribution in [0.1, 0.15) is 34.9 Å². The third-order valence-corrected chi connectivity index (χ3v) is 5.19. The molecule has 1 amide bonds. The van der Waals surface area contributed by atoms with Gasteiger partial charge >= 0.3 is 5.97 Å². The molecule has 2 aromatic heterocycles. The lowest BCUT2D eigenvalue weighted by atomic mass is 10.0. The van der Waals surface area contributed by atoms with E-state index in [9.17, 15) is 9.59 Å². The molecule has 0 unspecified atom stereocenters. The average molecular weight is 367 g/mol. The maximum absolute atomic E-state index is 12.7. The lowest BCUT2D eigenvalue weighted by Gasteiger charge is -2.32. The summed E-state index contributed by atoms with van der Waals surface area (Å²) >= 11 is 0. The number of piperidine rings is 1. The molecular weight excluding hydrogens is 346 g/mol. The highest BCUT2D eigenvalue weighted by Crippen LogP contribution is 2.24. The van der Waals surface area contributed by atoms with Gasteiger partial charge in [-0.1, -0.05) is 18.2 Å². The topological polar surface area (TPSA) is 93.2 Å². The zero-order chi connectivity index (χ0) is 19.0. The first-order valence-corrected chi connectivity index (χ1v) is 8.99. The highest BCUT2D eigenvalue weighted by atomic mass is 16.4. The molecule has 27 heavy (non-hydrogen) atoms. The molecule has 140 valence electrons. The van der Waals surface area contributed by atoms with Crippen LogP contribution in [0.25, 0.3) is 10.9 Å². The van der Waals surface area contributed by atoms with Gasteiger partial charge in [0.2, 0.25) is 5.91 Å². The van der Waals surface area contributed by atoms with E-state index in [0.29, 0.717) is 13.1 Å². The molecule has 0 aliphatic carbocycles. The molecule has 0 saturated carbocycles. The first-order chi connectivity index (χ1) is 13.0. The first kappa shape index (κ1) is 17.3. The van der Waals surface area contributed by atoms with Crippen LogP contribution >= 0.6 is 0 Å². The van der Waals surface area contributed by atoms with Crippen molar-refractivity contribution in [2.75, 3.05) is 13.1 Å². The largest absolute Gasteiger partial charge is 0.478 e. The minimum absolute atomic E-state index is 0.0731. The Balaban J connectivity index is 1.40. The zero-order valence-electron chi connectivity index (χ0n) is 15.1. The Labute approximate surface area is 156 Å². The van der Waals surface area contributed by atoms with Gasteiger partial charge in [-0.15, -0.1) is 0 Å². The molecule has 3 aromatic rings. The molecule has 3 heterocycles. The molecule has 0 radical (unpaired) electrons. The molecule has 0 atom stereocenters. The normalized spacial score (nSPS) is 15.4. The fourth-order valence-corrected chi connectivity index (χ4v) is 3.70. The Morgan fingerprint density at radius 3 is 2.67 bits per heavy atom. The molecule has 8 heteroatoms. The third-order valence-electron chi connectivity index (χ3n) is 5.19. The van der Waals surface area contributed by atoms with E-state index in [0.717, 1.165) is 29.4 Å². The predicted molar refractivity (Wildman–Crippen MR) is 98.5 cm³/mol. The van der Waals surface area contributed by atoms with Crippen LogP contribution in [-0.2, 0) is 18.3 Å². The van der Waals surface area contributed by atoms with Crippen LogP contribution in [0.4, 0.5) is 0 Å². The Morgan fingerprint density at radius 2 is 1.96 bits per heavy atom. The highest BCUT2D eigenvalue weighted by molar-refractivity contribution is 5.88. The summed E-state index contributed by atoms with van der Waals surface area (Å²) in [6, 6.07) is 8.04. The number of aromatic carboxylic acids is 1. The summed E-state index contributed by atoms with van der Waals surface area (Å²) in [7, 11) is 1.89. The van der Waals surface area contributed by atoms with Gasteiger partial charge in [0.05, 0.1) is 35.4 Å². The highest BCUT2D eigenvalue weighted by Gasteiger charge is 2.25. The molecule has 4 rings (SSSR count). The van der Waals surface area contributed by atoms with Crippen molar-refractivity contribution in [3.05, 3.63) is 47.9 Å². The first-order valence-electron chi connectivity index (χ1n) is 8.99. The Morgan fingerprint density at radius 1 is 1.22 bits per heavy atom. The molecule has 0 bridgehead atoms. The number of nitrogens with zero attached hydrogens (tertiary/aromatic N) is 5. The standard InChI is InChI=1S/C19H21N5O3/c1-22-17-5-3-2-4-15(17)16(21-22)10-18(25)23-8-6-14(7-9-23)24-12-13(11-20-24)19(26)27/h2-5,11-12,14H,6-10H2,1H3,(H,26,27). The number of carboxylic acids is 1. The van der Waals surface area contributed by atoms with Crippen LogP contribution in [-0.4, -0.2) is 54.5 Å². The van der Waals surface area contributed by atoms with Crippen molar-refractivity contribution in [2.24, 2.45) is 7.05 Å². The van der Waals surface area contributed by atoms with Crippen LogP contribution in [0.2, 0.25) is 0 Å². The van der Waals surface area contributed by atoms with E-state index in [2.05, 4.69) is 10.2 Å². The Kier molecular flexibility index (Phi) is 4.39. The number of fused-ring (bicyclic) bond motifs is 1. The third kappa shape index (κ3) is 3.30. The molecule has 1 aromatic carbocycles. The molecule has 1 saturated heterocycles. The van der Waals surface area contributed by atoms with Gasteiger partial charge in [-0.3, -0.25) is 14.2 Å². The summed E-state index contributed by atoms with van der Waals surface area (Å²) in [6.07, 6.45) is 4.73. The minimum Gasteiger partial charge on any atom is -0.478 e. The number of likely N-dealkylation sites (tertiary alicyclic amines) is 1. The van der Waals surface area contributed by atoms with Crippen molar-refractivity contribution in [2.45, 2.75) is 25.3 Å². The second-order valence-corrected chi connectivity index (χ2v) is 6.89. The number of benzene rings is 1. The van der Waals surface area contributed by atoms with Crippen LogP contribution < -0.4 is 0 Å². The monoisotopic (exact) mass is 367 g/mol.